The Balaban J connectivity index is 2.24. The highest BCUT2D eigenvalue weighted by Crippen LogP contribution is 2.35. The Morgan fingerprint density at radius 2 is 1.50 bits per heavy atom. The molecule has 0 aliphatic carbocycles. The SMILES string of the molecule is COc1ccc(N[C@H](c2ccccc2)C(C)(C)C)cc1. The lowest BCUT2D eigenvalue weighted by atomic mass is 9.82. The van der Waals surface area contributed by atoms with Gasteiger partial charge in [0.15, 0.2) is 0 Å². The lowest BCUT2D eigenvalue weighted by molar-refractivity contribution is 0.347. The molecule has 0 spiro atoms. The molecule has 2 rings (SSSR count). The lowest BCUT2D eigenvalue weighted by Crippen LogP contribution is -2.25. The van der Waals surface area contributed by atoms with Crippen LogP contribution in [0.3, 0.4) is 0 Å². The summed E-state index contributed by atoms with van der Waals surface area (Å²) in [7, 11) is 1.68. The molecule has 0 aliphatic heterocycles. The van der Waals surface area contributed by atoms with E-state index in [1.54, 1.807) is 7.11 Å². The normalized spacial score (nSPS) is 12.8. The Labute approximate surface area is 121 Å². The molecule has 106 valence electrons. The minimum atomic E-state index is 0.126. The van der Waals surface area contributed by atoms with Gasteiger partial charge in [-0.3, -0.25) is 0 Å². The van der Waals surface area contributed by atoms with Crippen LogP contribution in [-0.2, 0) is 0 Å². The average Bonchev–Trinajstić information content (AvgIpc) is 2.45. The first-order chi connectivity index (χ1) is 9.50. The zero-order valence-electron chi connectivity index (χ0n) is 12.7. The lowest BCUT2D eigenvalue weighted by Gasteiger charge is -2.33. The second-order valence-electron chi connectivity index (χ2n) is 6.08. The average molecular weight is 269 g/mol. The zero-order chi connectivity index (χ0) is 14.6. The molecule has 2 aromatic rings. The Hall–Kier alpha value is -1.96. The van der Waals surface area contributed by atoms with E-state index < -0.39 is 0 Å². The fourth-order valence-electron chi connectivity index (χ4n) is 2.30. The van der Waals surface area contributed by atoms with Gasteiger partial charge in [0.2, 0.25) is 0 Å². The fraction of sp³-hybridized carbons (Fsp3) is 0.333. The molecule has 0 aliphatic rings. The third-order valence-corrected chi connectivity index (χ3v) is 3.40. The number of nitrogens with one attached hydrogen (secondary N) is 1. The molecule has 2 aromatic carbocycles. The number of hydrogen-bond donors (Lipinski definition) is 1. The van der Waals surface area contributed by atoms with Crippen molar-refractivity contribution in [2.45, 2.75) is 26.8 Å². The minimum Gasteiger partial charge on any atom is -0.497 e. The Bertz CT molecular complexity index is 526. The van der Waals surface area contributed by atoms with E-state index in [1.165, 1.54) is 5.56 Å². The van der Waals surface area contributed by atoms with Crippen molar-refractivity contribution in [2.24, 2.45) is 5.41 Å². The third kappa shape index (κ3) is 3.53. The number of rotatable bonds is 4. The third-order valence-electron chi connectivity index (χ3n) is 3.40. The molecule has 0 unspecified atom stereocenters. The molecule has 2 heteroatoms. The van der Waals surface area contributed by atoms with Crippen LogP contribution in [0.5, 0.6) is 5.75 Å². The zero-order valence-corrected chi connectivity index (χ0v) is 12.7. The maximum atomic E-state index is 5.20. The first-order valence-corrected chi connectivity index (χ1v) is 6.96. The molecule has 1 N–H and O–H groups in total. The molecule has 0 heterocycles. The molecule has 0 aromatic heterocycles. The summed E-state index contributed by atoms with van der Waals surface area (Å²) in [6, 6.07) is 18.9. The topological polar surface area (TPSA) is 21.3 Å². The molecule has 2 nitrogen and oxygen atoms in total. The van der Waals surface area contributed by atoms with Crippen molar-refractivity contribution in [3.63, 3.8) is 0 Å². The number of benzene rings is 2. The number of hydrogen-bond acceptors (Lipinski definition) is 2. The first kappa shape index (κ1) is 14.4. The molecule has 1 atom stereocenters. The van der Waals surface area contributed by atoms with E-state index in [1.807, 2.05) is 12.1 Å². The highest BCUT2D eigenvalue weighted by atomic mass is 16.5. The molecule has 0 bridgehead atoms. The van der Waals surface area contributed by atoms with Crippen LogP contribution >= 0.6 is 0 Å². The van der Waals surface area contributed by atoms with E-state index >= 15 is 0 Å². The predicted octanol–water partition coefficient (Wildman–Crippen LogP) is 4.89. The Morgan fingerprint density at radius 3 is 2.00 bits per heavy atom. The minimum absolute atomic E-state index is 0.126. The summed E-state index contributed by atoms with van der Waals surface area (Å²) in [6.07, 6.45) is 0. The standard InChI is InChI=1S/C18H23NO/c1-18(2,3)17(14-8-6-5-7-9-14)19-15-10-12-16(20-4)13-11-15/h5-13,17,19H,1-4H3/t17-/m1/s1. The summed E-state index contributed by atoms with van der Waals surface area (Å²) < 4.78 is 5.20. The van der Waals surface area contributed by atoms with Gasteiger partial charge in [0.1, 0.15) is 5.75 Å². The quantitative estimate of drug-likeness (QED) is 0.852. The number of anilines is 1. The summed E-state index contributed by atoms with van der Waals surface area (Å²) in [4.78, 5) is 0. The van der Waals surface area contributed by atoms with Crippen molar-refractivity contribution in [1.29, 1.82) is 0 Å². The van der Waals surface area contributed by atoms with Gasteiger partial charge in [0.25, 0.3) is 0 Å². The van der Waals surface area contributed by atoms with Gasteiger partial charge in [0, 0.05) is 5.69 Å². The molecule has 20 heavy (non-hydrogen) atoms. The van der Waals surface area contributed by atoms with Gasteiger partial charge in [-0.2, -0.15) is 0 Å². The molecule has 0 saturated carbocycles. The number of ether oxygens (including phenoxy) is 1. The van der Waals surface area contributed by atoms with E-state index in [-0.39, 0.29) is 11.5 Å². The van der Waals surface area contributed by atoms with E-state index in [0.29, 0.717) is 0 Å². The van der Waals surface area contributed by atoms with Gasteiger partial charge in [-0.15, -0.1) is 0 Å². The van der Waals surface area contributed by atoms with Crippen molar-refractivity contribution in [3.8, 4) is 5.75 Å². The van der Waals surface area contributed by atoms with Crippen molar-refractivity contribution in [1.82, 2.24) is 0 Å². The Kier molecular flexibility index (Phi) is 4.33. The van der Waals surface area contributed by atoms with Crippen molar-refractivity contribution in [3.05, 3.63) is 60.2 Å². The van der Waals surface area contributed by atoms with Crippen LogP contribution in [0, 0.1) is 5.41 Å². The second kappa shape index (κ2) is 6.00. The van der Waals surface area contributed by atoms with Gasteiger partial charge in [-0.25, -0.2) is 0 Å². The summed E-state index contributed by atoms with van der Waals surface area (Å²) in [6.45, 7) is 6.75. The largest absolute Gasteiger partial charge is 0.497 e. The molecule has 0 amide bonds. The molecule has 0 radical (unpaired) electrons. The molecular formula is C18H23NO. The van der Waals surface area contributed by atoms with Gasteiger partial charge >= 0.3 is 0 Å². The van der Waals surface area contributed by atoms with Crippen LogP contribution < -0.4 is 10.1 Å². The molecule has 0 saturated heterocycles. The van der Waals surface area contributed by atoms with Gasteiger partial charge in [0.05, 0.1) is 13.2 Å². The molecule has 0 fully saturated rings. The maximum absolute atomic E-state index is 5.20. The van der Waals surface area contributed by atoms with Crippen molar-refractivity contribution >= 4 is 5.69 Å². The maximum Gasteiger partial charge on any atom is 0.119 e. The van der Waals surface area contributed by atoms with E-state index in [4.69, 9.17) is 4.74 Å². The Morgan fingerprint density at radius 1 is 0.900 bits per heavy atom. The highest BCUT2D eigenvalue weighted by Gasteiger charge is 2.25. The summed E-state index contributed by atoms with van der Waals surface area (Å²) >= 11 is 0. The van der Waals surface area contributed by atoms with Crippen molar-refractivity contribution < 1.29 is 4.74 Å². The second-order valence-corrected chi connectivity index (χ2v) is 6.08. The number of methoxy groups -OCH3 is 1. The smallest absolute Gasteiger partial charge is 0.119 e. The summed E-state index contributed by atoms with van der Waals surface area (Å²) in [5.41, 5.74) is 2.53. The van der Waals surface area contributed by atoms with Crippen LogP contribution in [0.4, 0.5) is 5.69 Å². The molecular weight excluding hydrogens is 246 g/mol. The monoisotopic (exact) mass is 269 g/mol. The van der Waals surface area contributed by atoms with Crippen LogP contribution in [0.25, 0.3) is 0 Å². The van der Waals surface area contributed by atoms with E-state index in [9.17, 15) is 0 Å². The van der Waals surface area contributed by atoms with Crippen LogP contribution in [0.15, 0.2) is 54.6 Å². The van der Waals surface area contributed by atoms with Gasteiger partial charge < -0.3 is 10.1 Å². The van der Waals surface area contributed by atoms with Crippen LogP contribution in [0.1, 0.15) is 32.4 Å². The highest BCUT2D eigenvalue weighted by molar-refractivity contribution is 5.48. The first-order valence-electron chi connectivity index (χ1n) is 6.96. The summed E-state index contributed by atoms with van der Waals surface area (Å²) in [5.74, 6) is 0.877. The van der Waals surface area contributed by atoms with E-state index in [2.05, 4.69) is 68.6 Å². The van der Waals surface area contributed by atoms with E-state index in [0.717, 1.165) is 11.4 Å². The van der Waals surface area contributed by atoms with Gasteiger partial charge in [-0.1, -0.05) is 51.1 Å². The van der Waals surface area contributed by atoms with Crippen LogP contribution in [-0.4, -0.2) is 7.11 Å². The fourth-order valence-corrected chi connectivity index (χ4v) is 2.30. The summed E-state index contributed by atoms with van der Waals surface area (Å²) in [5, 5.41) is 3.63. The van der Waals surface area contributed by atoms with Gasteiger partial charge in [-0.05, 0) is 35.2 Å². The van der Waals surface area contributed by atoms with Crippen LogP contribution in [0.2, 0.25) is 0 Å². The van der Waals surface area contributed by atoms with Crippen molar-refractivity contribution in [2.75, 3.05) is 12.4 Å². The predicted molar refractivity (Wildman–Crippen MR) is 85.3 cm³/mol.